The number of hydrogen-bond donors (Lipinski definition) is 7. The lowest BCUT2D eigenvalue weighted by Gasteiger charge is -2.43. The number of esters is 1. The van der Waals surface area contributed by atoms with Gasteiger partial charge in [-0.25, -0.2) is 0 Å². The molecule has 188 valence electrons. The number of ether oxygens (including phenoxy) is 4. The minimum Gasteiger partial charge on any atom is -0.463 e. The SMILES string of the molecule is CCCCCCCC(=O)OC[C@@H]1O[C@@](CO)(O[C@H]2O[C@@H](CO)[C@H](O)[C@@H](O)[C@@H]2O)[C@H](O)[C@H]1O. The van der Waals surface area contributed by atoms with Crippen molar-refractivity contribution in [3.8, 4) is 0 Å². The molecule has 0 bridgehead atoms. The van der Waals surface area contributed by atoms with Crippen LogP contribution in [0, 0.1) is 0 Å². The van der Waals surface area contributed by atoms with E-state index in [2.05, 4.69) is 6.92 Å². The molecular weight excluding hydrogens is 432 g/mol. The normalized spacial score (nSPS) is 39.9. The van der Waals surface area contributed by atoms with Gasteiger partial charge in [0.25, 0.3) is 0 Å². The third-order valence-corrected chi connectivity index (χ3v) is 5.78. The van der Waals surface area contributed by atoms with Gasteiger partial charge in [0, 0.05) is 6.42 Å². The Balaban J connectivity index is 1.94. The van der Waals surface area contributed by atoms with Crippen molar-refractivity contribution < 1.29 is 59.5 Å². The molecule has 2 saturated heterocycles. The van der Waals surface area contributed by atoms with Crippen LogP contribution in [0.4, 0.5) is 0 Å². The molecule has 2 aliphatic rings. The Bertz CT molecular complexity index is 575. The van der Waals surface area contributed by atoms with Crippen molar-refractivity contribution in [3.05, 3.63) is 0 Å². The van der Waals surface area contributed by atoms with Gasteiger partial charge in [-0.3, -0.25) is 4.79 Å². The second kappa shape index (κ2) is 12.5. The largest absolute Gasteiger partial charge is 0.463 e. The van der Waals surface area contributed by atoms with Gasteiger partial charge in [0.15, 0.2) is 6.29 Å². The van der Waals surface area contributed by atoms with Crippen LogP contribution in [0.25, 0.3) is 0 Å². The molecule has 9 atom stereocenters. The van der Waals surface area contributed by atoms with E-state index in [4.69, 9.17) is 18.9 Å². The average Bonchev–Trinajstić information content (AvgIpc) is 3.02. The van der Waals surface area contributed by atoms with Gasteiger partial charge >= 0.3 is 5.97 Å². The lowest BCUT2D eigenvalue weighted by Crippen LogP contribution is -2.62. The van der Waals surface area contributed by atoms with E-state index in [-0.39, 0.29) is 6.42 Å². The molecule has 0 spiro atoms. The molecule has 12 nitrogen and oxygen atoms in total. The second-order valence-corrected chi connectivity index (χ2v) is 8.22. The highest BCUT2D eigenvalue weighted by molar-refractivity contribution is 5.69. The third kappa shape index (κ3) is 6.35. The molecule has 0 aromatic rings. The van der Waals surface area contributed by atoms with Gasteiger partial charge in [0.05, 0.1) is 6.61 Å². The number of carbonyl (C=O) groups is 1. The molecule has 0 radical (unpaired) electrons. The van der Waals surface area contributed by atoms with Crippen LogP contribution in [-0.4, -0.2) is 116 Å². The first kappa shape index (κ1) is 27.3. The molecule has 2 aliphatic heterocycles. The van der Waals surface area contributed by atoms with Crippen molar-refractivity contribution in [2.75, 3.05) is 19.8 Å². The smallest absolute Gasteiger partial charge is 0.305 e. The van der Waals surface area contributed by atoms with Crippen LogP contribution in [0.5, 0.6) is 0 Å². The Morgan fingerprint density at radius 3 is 2.22 bits per heavy atom. The molecular formula is C20H36O12. The number of unbranched alkanes of at least 4 members (excludes halogenated alkanes) is 4. The molecule has 0 unspecified atom stereocenters. The lowest BCUT2D eigenvalue weighted by atomic mass is 9.99. The maximum Gasteiger partial charge on any atom is 0.305 e. The summed E-state index contributed by atoms with van der Waals surface area (Å²) in [6.45, 7) is -0.0167. The Labute approximate surface area is 186 Å². The highest BCUT2D eigenvalue weighted by Gasteiger charge is 2.58. The number of hydrogen-bond acceptors (Lipinski definition) is 12. The summed E-state index contributed by atoms with van der Waals surface area (Å²) >= 11 is 0. The summed E-state index contributed by atoms with van der Waals surface area (Å²) in [6, 6.07) is 0. The predicted octanol–water partition coefficient (Wildman–Crippen LogP) is -2.48. The quantitative estimate of drug-likeness (QED) is 0.118. The van der Waals surface area contributed by atoms with E-state index >= 15 is 0 Å². The molecule has 2 rings (SSSR count). The molecule has 0 aromatic carbocycles. The summed E-state index contributed by atoms with van der Waals surface area (Å²) in [5.41, 5.74) is 0. The van der Waals surface area contributed by atoms with Gasteiger partial charge in [-0.2, -0.15) is 0 Å². The van der Waals surface area contributed by atoms with E-state index in [0.717, 1.165) is 25.7 Å². The molecule has 0 aromatic heterocycles. The van der Waals surface area contributed by atoms with Crippen molar-refractivity contribution in [3.63, 3.8) is 0 Å². The molecule has 0 amide bonds. The summed E-state index contributed by atoms with van der Waals surface area (Å²) in [4.78, 5) is 11.9. The summed E-state index contributed by atoms with van der Waals surface area (Å²) in [5.74, 6) is -2.77. The monoisotopic (exact) mass is 468 g/mol. The van der Waals surface area contributed by atoms with Gasteiger partial charge in [0.1, 0.15) is 55.9 Å². The molecule has 2 heterocycles. The maximum atomic E-state index is 11.9. The third-order valence-electron chi connectivity index (χ3n) is 5.78. The molecule has 0 saturated carbocycles. The van der Waals surface area contributed by atoms with Crippen LogP contribution in [0.15, 0.2) is 0 Å². The summed E-state index contributed by atoms with van der Waals surface area (Å²) in [6.07, 6.45) is -7.92. The average molecular weight is 468 g/mol. The molecule has 32 heavy (non-hydrogen) atoms. The van der Waals surface area contributed by atoms with Crippen molar-refractivity contribution in [2.45, 2.75) is 100 Å². The predicted molar refractivity (Wildman–Crippen MR) is 106 cm³/mol. The Morgan fingerprint density at radius 1 is 0.906 bits per heavy atom. The van der Waals surface area contributed by atoms with Gasteiger partial charge in [0.2, 0.25) is 5.79 Å². The molecule has 12 heteroatoms. The van der Waals surface area contributed by atoms with Gasteiger partial charge in [-0.15, -0.1) is 0 Å². The Morgan fingerprint density at radius 2 is 1.59 bits per heavy atom. The van der Waals surface area contributed by atoms with Crippen LogP contribution >= 0.6 is 0 Å². The van der Waals surface area contributed by atoms with E-state index in [1.807, 2.05) is 0 Å². The van der Waals surface area contributed by atoms with Crippen LogP contribution in [0.3, 0.4) is 0 Å². The standard InChI is InChI=1S/C20H36O12/c1-2-3-4-5-6-7-13(23)29-9-12-15(25)18(28)20(10-22,31-12)32-19-17(27)16(26)14(24)11(8-21)30-19/h11-12,14-19,21-22,24-28H,2-10H2,1H3/t11-,12-,14-,15-,16+,17-,18+,19+,20-/m0/s1. The fourth-order valence-corrected chi connectivity index (χ4v) is 3.74. The van der Waals surface area contributed by atoms with E-state index in [0.29, 0.717) is 6.42 Å². The van der Waals surface area contributed by atoms with E-state index < -0.39 is 80.6 Å². The number of aliphatic hydroxyl groups excluding tert-OH is 7. The minimum absolute atomic E-state index is 0.196. The van der Waals surface area contributed by atoms with E-state index in [1.54, 1.807) is 0 Å². The van der Waals surface area contributed by atoms with E-state index in [9.17, 15) is 40.5 Å². The van der Waals surface area contributed by atoms with Crippen molar-refractivity contribution in [2.24, 2.45) is 0 Å². The number of carbonyl (C=O) groups excluding carboxylic acids is 1. The summed E-state index contributed by atoms with van der Waals surface area (Å²) < 4.78 is 21.2. The number of rotatable bonds is 12. The van der Waals surface area contributed by atoms with Crippen LogP contribution < -0.4 is 0 Å². The van der Waals surface area contributed by atoms with E-state index in [1.165, 1.54) is 0 Å². The Kier molecular flexibility index (Phi) is 10.7. The number of aliphatic hydroxyl groups is 7. The first-order chi connectivity index (χ1) is 15.2. The van der Waals surface area contributed by atoms with Gasteiger partial charge in [-0.05, 0) is 6.42 Å². The summed E-state index contributed by atoms with van der Waals surface area (Å²) in [7, 11) is 0. The molecule has 0 aliphatic carbocycles. The zero-order chi connectivity index (χ0) is 23.9. The van der Waals surface area contributed by atoms with Crippen LogP contribution in [0.1, 0.15) is 45.4 Å². The molecule has 2 fully saturated rings. The fourth-order valence-electron chi connectivity index (χ4n) is 3.74. The van der Waals surface area contributed by atoms with Crippen molar-refractivity contribution in [1.82, 2.24) is 0 Å². The van der Waals surface area contributed by atoms with Gasteiger partial charge < -0.3 is 54.7 Å². The van der Waals surface area contributed by atoms with Crippen LogP contribution in [0.2, 0.25) is 0 Å². The maximum absolute atomic E-state index is 11.9. The zero-order valence-electron chi connectivity index (χ0n) is 18.2. The zero-order valence-corrected chi connectivity index (χ0v) is 18.2. The molecule has 7 N–H and O–H groups in total. The van der Waals surface area contributed by atoms with Crippen molar-refractivity contribution >= 4 is 5.97 Å². The minimum atomic E-state index is -2.27. The van der Waals surface area contributed by atoms with Crippen LogP contribution in [-0.2, 0) is 23.7 Å². The lowest BCUT2D eigenvalue weighted by molar-refractivity contribution is -0.383. The Hall–Kier alpha value is -0.930. The van der Waals surface area contributed by atoms with Gasteiger partial charge in [-0.1, -0.05) is 32.6 Å². The second-order valence-electron chi connectivity index (χ2n) is 8.22. The van der Waals surface area contributed by atoms with Crippen molar-refractivity contribution in [1.29, 1.82) is 0 Å². The topological polar surface area (TPSA) is 196 Å². The fraction of sp³-hybridized carbons (Fsp3) is 0.950. The first-order valence-corrected chi connectivity index (χ1v) is 11.0. The summed E-state index contributed by atoms with van der Waals surface area (Å²) in [5, 5.41) is 69.7. The first-order valence-electron chi connectivity index (χ1n) is 11.0. The highest BCUT2D eigenvalue weighted by atomic mass is 16.8. The highest BCUT2D eigenvalue weighted by Crippen LogP contribution is 2.36.